The highest BCUT2D eigenvalue weighted by atomic mass is 16.5. The van der Waals surface area contributed by atoms with Gasteiger partial charge in [0.25, 0.3) is 0 Å². The molecule has 0 radical (unpaired) electrons. The van der Waals surface area contributed by atoms with Crippen molar-refractivity contribution in [3.63, 3.8) is 0 Å². The zero-order chi connectivity index (χ0) is 19.3. The Balaban J connectivity index is 1.35. The van der Waals surface area contributed by atoms with Crippen LogP contribution in [0.25, 0.3) is 0 Å². The minimum Gasteiger partial charge on any atom is -0.378 e. The summed E-state index contributed by atoms with van der Waals surface area (Å²) in [7, 11) is 0. The number of ether oxygens (including phenoxy) is 1. The maximum Gasteiger partial charge on any atom is 0.322 e. The molecule has 2 aliphatic heterocycles. The Kier molecular flexibility index (Phi) is 5.57. The predicted octanol–water partition coefficient (Wildman–Crippen LogP) is 2.11. The molecule has 0 aliphatic carbocycles. The van der Waals surface area contributed by atoms with Crippen molar-refractivity contribution in [2.24, 2.45) is 0 Å². The van der Waals surface area contributed by atoms with Gasteiger partial charge in [-0.1, -0.05) is 30.3 Å². The van der Waals surface area contributed by atoms with Crippen molar-refractivity contribution < 1.29 is 14.3 Å². The van der Waals surface area contributed by atoms with Crippen LogP contribution in [0.2, 0.25) is 0 Å². The first-order valence-corrected chi connectivity index (χ1v) is 9.71. The van der Waals surface area contributed by atoms with Crippen LogP contribution >= 0.6 is 0 Å². The fourth-order valence-electron chi connectivity index (χ4n) is 3.79. The van der Waals surface area contributed by atoms with Gasteiger partial charge in [-0.2, -0.15) is 5.10 Å². The second-order valence-corrected chi connectivity index (χ2v) is 7.11. The summed E-state index contributed by atoms with van der Waals surface area (Å²) < 4.78 is 6.83. The summed E-state index contributed by atoms with van der Waals surface area (Å²) in [4.78, 5) is 28.7. The summed E-state index contributed by atoms with van der Waals surface area (Å²) in [6.07, 6.45) is 5.23. The molecule has 0 saturated carbocycles. The molecule has 0 bridgehead atoms. The topological polar surface area (TPSA) is 79.7 Å². The van der Waals surface area contributed by atoms with E-state index in [9.17, 15) is 9.59 Å². The van der Waals surface area contributed by atoms with Gasteiger partial charge in [0.1, 0.15) is 6.54 Å². The minimum atomic E-state index is -0.134. The monoisotopic (exact) mass is 383 g/mol. The Morgan fingerprint density at radius 1 is 1.14 bits per heavy atom. The first-order chi connectivity index (χ1) is 13.7. The van der Waals surface area contributed by atoms with Crippen molar-refractivity contribution in [2.75, 3.05) is 38.2 Å². The molecule has 3 heterocycles. The third-order valence-corrected chi connectivity index (χ3v) is 5.24. The van der Waals surface area contributed by atoms with Crippen LogP contribution in [0.15, 0.2) is 42.7 Å². The van der Waals surface area contributed by atoms with Gasteiger partial charge in [0, 0.05) is 25.8 Å². The van der Waals surface area contributed by atoms with E-state index in [1.807, 2.05) is 23.1 Å². The van der Waals surface area contributed by atoms with Gasteiger partial charge in [-0.15, -0.1) is 0 Å². The average Bonchev–Trinajstić information content (AvgIpc) is 3.39. The number of carbonyl (C=O) groups excluding carboxylic acids is 2. The third kappa shape index (κ3) is 4.17. The van der Waals surface area contributed by atoms with E-state index in [1.165, 1.54) is 0 Å². The molecule has 1 aromatic heterocycles. The van der Waals surface area contributed by atoms with Crippen molar-refractivity contribution in [2.45, 2.75) is 25.4 Å². The van der Waals surface area contributed by atoms with Crippen LogP contribution in [0, 0.1) is 0 Å². The van der Waals surface area contributed by atoms with E-state index in [0.717, 1.165) is 24.9 Å². The molecule has 0 spiro atoms. The molecule has 4 rings (SSSR count). The molecule has 8 nitrogen and oxygen atoms in total. The van der Waals surface area contributed by atoms with E-state index in [-0.39, 0.29) is 24.5 Å². The van der Waals surface area contributed by atoms with Crippen LogP contribution in [-0.4, -0.2) is 64.4 Å². The smallest absolute Gasteiger partial charge is 0.322 e. The highest BCUT2D eigenvalue weighted by molar-refractivity contribution is 5.89. The minimum absolute atomic E-state index is 0.00737. The van der Waals surface area contributed by atoms with Crippen molar-refractivity contribution in [3.05, 3.63) is 48.3 Å². The number of aromatic nitrogens is 2. The second-order valence-electron chi connectivity index (χ2n) is 7.11. The first-order valence-electron chi connectivity index (χ1n) is 9.71. The van der Waals surface area contributed by atoms with Crippen LogP contribution in [0.4, 0.5) is 10.5 Å². The van der Waals surface area contributed by atoms with Crippen molar-refractivity contribution in [1.82, 2.24) is 19.6 Å². The number of benzene rings is 1. The van der Waals surface area contributed by atoms with Crippen molar-refractivity contribution in [1.29, 1.82) is 0 Å². The third-order valence-electron chi connectivity index (χ3n) is 5.24. The highest BCUT2D eigenvalue weighted by Crippen LogP contribution is 2.32. The van der Waals surface area contributed by atoms with Crippen LogP contribution in [0.1, 0.15) is 24.4 Å². The Labute approximate surface area is 164 Å². The number of rotatable bonds is 4. The van der Waals surface area contributed by atoms with E-state index >= 15 is 0 Å². The second kappa shape index (κ2) is 8.43. The molecular formula is C20H25N5O3. The van der Waals surface area contributed by atoms with Gasteiger partial charge < -0.3 is 19.9 Å². The van der Waals surface area contributed by atoms with E-state index in [1.54, 1.807) is 22.0 Å². The number of carbonyl (C=O) groups is 2. The zero-order valence-electron chi connectivity index (χ0n) is 15.8. The van der Waals surface area contributed by atoms with Gasteiger partial charge in [-0.05, 0) is 18.4 Å². The number of morpholine rings is 1. The number of hydrogen-bond acceptors (Lipinski definition) is 4. The molecule has 1 unspecified atom stereocenters. The van der Waals surface area contributed by atoms with Gasteiger partial charge in [0.05, 0.1) is 31.1 Å². The SMILES string of the molecule is O=C(Cn1cc(NC(=O)N2CCCC2c2ccccc2)cn1)N1CCOCC1. The van der Waals surface area contributed by atoms with Gasteiger partial charge in [-0.25, -0.2) is 4.79 Å². The molecule has 148 valence electrons. The van der Waals surface area contributed by atoms with Gasteiger partial charge in [0.2, 0.25) is 5.91 Å². The molecule has 28 heavy (non-hydrogen) atoms. The van der Waals surface area contributed by atoms with E-state index in [2.05, 4.69) is 22.5 Å². The number of nitrogens with one attached hydrogen (secondary N) is 1. The summed E-state index contributed by atoms with van der Waals surface area (Å²) in [6, 6.07) is 10.1. The summed E-state index contributed by atoms with van der Waals surface area (Å²) in [5.74, 6) is 0.00737. The van der Waals surface area contributed by atoms with Gasteiger partial charge >= 0.3 is 6.03 Å². The quantitative estimate of drug-likeness (QED) is 0.877. The Morgan fingerprint density at radius 2 is 1.93 bits per heavy atom. The molecule has 2 aliphatic rings. The Hall–Kier alpha value is -2.87. The number of amides is 3. The van der Waals surface area contributed by atoms with Crippen LogP contribution in [0.5, 0.6) is 0 Å². The number of anilines is 1. The molecule has 1 N–H and O–H groups in total. The van der Waals surface area contributed by atoms with Crippen LogP contribution in [0.3, 0.4) is 0 Å². The predicted molar refractivity (Wildman–Crippen MR) is 104 cm³/mol. The molecule has 2 fully saturated rings. The number of nitrogens with zero attached hydrogens (tertiary/aromatic N) is 4. The number of urea groups is 1. The molecular weight excluding hydrogens is 358 g/mol. The summed E-state index contributed by atoms with van der Waals surface area (Å²) in [5, 5.41) is 7.13. The molecule has 3 amide bonds. The fourth-order valence-corrected chi connectivity index (χ4v) is 3.79. The molecule has 2 saturated heterocycles. The Bertz CT molecular complexity index is 816. The number of likely N-dealkylation sites (tertiary alicyclic amines) is 1. The lowest BCUT2D eigenvalue weighted by molar-refractivity contribution is -0.136. The first kappa shape index (κ1) is 18.5. The Morgan fingerprint density at radius 3 is 2.71 bits per heavy atom. The maximum atomic E-state index is 12.8. The summed E-state index contributed by atoms with van der Waals surface area (Å²) in [6.45, 7) is 3.26. The van der Waals surface area contributed by atoms with E-state index in [0.29, 0.717) is 32.0 Å². The van der Waals surface area contributed by atoms with Crippen LogP contribution in [-0.2, 0) is 16.1 Å². The largest absolute Gasteiger partial charge is 0.378 e. The molecule has 1 aromatic carbocycles. The maximum absolute atomic E-state index is 12.8. The fraction of sp³-hybridized carbons (Fsp3) is 0.450. The van der Waals surface area contributed by atoms with Crippen molar-refractivity contribution >= 4 is 17.6 Å². The summed E-state index contributed by atoms with van der Waals surface area (Å²) >= 11 is 0. The highest BCUT2D eigenvalue weighted by Gasteiger charge is 2.30. The lowest BCUT2D eigenvalue weighted by Crippen LogP contribution is -2.42. The van der Waals surface area contributed by atoms with Gasteiger partial charge in [0.15, 0.2) is 0 Å². The molecule has 1 atom stereocenters. The zero-order valence-corrected chi connectivity index (χ0v) is 15.8. The lowest BCUT2D eigenvalue weighted by Gasteiger charge is -2.26. The lowest BCUT2D eigenvalue weighted by atomic mass is 10.1. The van der Waals surface area contributed by atoms with Crippen molar-refractivity contribution in [3.8, 4) is 0 Å². The molecule has 8 heteroatoms. The average molecular weight is 383 g/mol. The normalized spacial score (nSPS) is 19.6. The summed E-state index contributed by atoms with van der Waals surface area (Å²) in [5.41, 5.74) is 1.75. The molecule has 2 aromatic rings. The van der Waals surface area contributed by atoms with E-state index < -0.39 is 0 Å². The van der Waals surface area contributed by atoms with Crippen LogP contribution < -0.4 is 5.32 Å². The standard InChI is InChI=1S/C20H25N5O3/c26-19(23-9-11-28-12-10-23)15-24-14-17(13-21-24)22-20(27)25-8-4-7-18(25)16-5-2-1-3-6-16/h1-3,5-6,13-14,18H,4,7-12,15H2,(H,22,27). The van der Waals surface area contributed by atoms with Gasteiger partial charge in [-0.3, -0.25) is 9.48 Å². The number of hydrogen-bond donors (Lipinski definition) is 1. The van der Waals surface area contributed by atoms with E-state index in [4.69, 9.17) is 4.74 Å².